The van der Waals surface area contributed by atoms with Crippen LogP contribution in [0.5, 0.6) is 0 Å². The molecule has 96 valence electrons. The van der Waals surface area contributed by atoms with E-state index in [4.69, 9.17) is 9.84 Å². The average Bonchev–Trinajstić information content (AvgIpc) is 2.63. The lowest BCUT2D eigenvalue weighted by molar-refractivity contribution is -0.137. The van der Waals surface area contributed by atoms with Crippen molar-refractivity contribution in [1.29, 1.82) is 0 Å². The van der Waals surface area contributed by atoms with Crippen LogP contribution >= 0.6 is 11.5 Å². The summed E-state index contributed by atoms with van der Waals surface area (Å²) >= 11 is 1.25. The third-order valence-electron chi connectivity index (χ3n) is 2.15. The van der Waals surface area contributed by atoms with Crippen molar-refractivity contribution < 1.29 is 14.6 Å². The van der Waals surface area contributed by atoms with E-state index in [0.29, 0.717) is 24.0 Å². The zero-order chi connectivity index (χ0) is 12.9. The summed E-state index contributed by atoms with van der Waals surface area (Å²) in [4.78, 5) is 14.8. The van der Waals surface area contributed by atoms with E-state index in [1.165, 1.54) is 11.5 Å². The fourth-order valence-electron chi connectivity index (χ4n) is 1.26. The Labute approximate surface area is 104 Å². The second-order valence-electron chi connectivity index (χ2n) is 4.35. The van der Waals surface area contributed by atoms with Crippen LogP contribution < -0.4 is 5.32 Å². The maximum absolute atomic E-state index is 10.5. The Morgan fingerprint density at radius 3 is 2.88 bits per heavy atom. The van der Waals surface area contributed by atoms with Gasteiger partial charge in [0.1, 0.15) is 6.61 Å². The van der Waals surface area contributed by atoms with Gasteiger partial charge in [0.15, 0.2) is 5.82 Å². The molecule has 0 saturated heterocycles. The van der Waals surface area contributed by atoms with Crippen molar-refractivity contribution in [2.45, 2.75) is 38.8 Å². The normalized spacial score (nSPS) is 11.5. The molecular weight excluding hydrogens is 242 g/mol. The minimum atomic E-state index is -0.794. The Bertz CT molecular complexity index is 379. The molecule has 1 rings (SSSR count). The van der Waals surface area contributed by atoms with Crippen molar-refractivity contribution in [1.82, 2.24) is 9.36 Å². The lowest BCUT2D eigenvalue weighted by atomic mass is 9.99. The van der Waals surface area contributed by atoms with Gasteiger partial charge in [0.2, 0.25) is 5.13 Å². The molecule has 2 N–H and O–H groups in total. The minimum absolute atomic E-state index is 0.129. The molecule has 0 aliphatic carbocycles. The van der Waals surface area contributed by atoms with E-state index >= 15 is 0 Å². The van der Waals surface area contributed by atoms with Gasteiger partial charge in [-0.05, 0) is 20.3 Å². The summed E-state index contributed by atoms with van der Waals surface area (Å²) in [7, 11) is 1.59. The summed E-state index contributed by atoms with van der Waals surface area (Å²) in [5.41, 5.74) is -0.317. The fraction of sp³-hybridized carbons (Fsp3) is 0.700. The molecule has 7 heteroatoms. The number of hydrogen-bond donors (Lipinski definition) is 2. The Morgan fingerprint density at radius 2 is 2.29 bits per heavy atom. The first kappa shape index (κ1) is 13.9. The molecule has 1 aromatic rings. The number of rotatable bonds is 7. The number of carbonyl (C=O) groups is 1. The van der Waals surface area contributed by atoms with Gasteiger partial charge in [-0.25, -0.2) is 4.98 Å². The number of aromatic nitrogens is 2. The quantitative estimate of drug-likeness (QED) is 0.776. The molecule has 0 atom stereocenters. The van der Waals surface area contributed by atoms with Crippen LogP contribution in [-0.4, -0.2) is 33.1 Å². The smallest absolute Gasteiger partial charge is 0.303 e. The van der Waals surface area contributed by atoms with E-state index < -0.39 is 5.97 Å². The summed E-state index contributed by atoms with van der Waals surface area (Å²) in [6.45, 7) is 4.26. The topological polar surface area (TPSA) is 84.3 Å². The predicted molar refractivity (Wildman–Crippen MR) is 65.2 cm³/mol. The molecule has 1 aromatic heterocycles. The number of carboxylic acid groups (broad SMARTS) is 1. The number of nitrogens with zero attached hydrogens (tertiary/aromatic N) is 2. The van der Waals surface area contributed by atoms with Crippen LogP contribution in [0.25, 0.3) is 0 Å². The van der Waals surface area contributed by atoms with E-state index in [2.05, 4.69) is 14.7 Å². The van der Waals surface area contributed by atoms with Gasteiger partial charge < -0.3 is 15.2 Å². The highest BCUT2D eigenvalue weighted by Gasteiger charge is 2.20. The lowest BCUT2D eigenvalue weighted by Crippen LogP contribution is -2.31. The first-order valence-corrected chi connectivity index (χ1v) is 6.02. The van der Waals surface area contributed by atoms with E-state index in [-0.39, 0.29) is 12.0 Å². The molecule has 0 spiro atoms. The number of aliphatic carboxylic acids is 1. The van der Waals surface area contributed by atoms with E-state index in [0.717, 1.165) is 0 Å². The molecular formula is C10H17N3O3S. The van der Waals surface area contributed by atoms with Gasteiger partial charge in [-0.1, -0.05) is 0 Å². The van der Waals surface area contributed by atoms with Crippen LogP contribution in [0, 0.1) is 0 Å². The van der Waals surface area contributed by atoms with Crippen LogP contribution in [0.15, 0.2) is 0 Å². The predicted octanol–water partition coefficient (Wildman–Crippen LogP) is 1.74. The highest BCUT2D eigenvalue weighted by Crippen LogP contribution is 2.21. The maximum atomic E-state index is 10.5. The molecule has 0 saturated carbocycles. The first-order chi connectivity index (χ1) is 7.93. The van der Waals surface area contributed by atoms with Crippen LogP contribution in [0.2, 0.25) is 0 Å². The standard InChI is InChI=1S/C10H17N3O3S/c1-10(2,5-4-8(14)15)12-9-11-7(6-16-3)13-17-9/h4-6H2,1-3H3,(H,14,15)(H,11,12,13). The molecule has 0 amide bonds. The summed E-state index contributed by atoms with van der Waals surface area (Å²) in [5.74, 6) is -0.161. The van der Waals surface area contributed by atoms with E-state index in [9.17, 15) is 4.79 Å². The molecule has 0 aliphatic heterocycles. The maximum Gasteiger partial charge on any atom is 0.303 e. The second-order valence-corrected chi connectivity index (χ2v) is 5.10. The third kappa shape index (κ3) is 5.10. The van der Waals surface area contributed by atoms with Crippen LogP contribution in [-0.2, 0) is 16.1 Å². The van der Waals surface area contributed by atoms with Crippen molar-refractivity contribution >= 4 is 22.6 Å². The number of nitrogens with one attached hydrogen (secondary N) is 1. The summed E-state index contributed by atoms with van der Waals surface area (Å²) in [5, 5.41) is 12.5. The number of carboxylic acids is 1. The van der Waals surface area contributed by atoms with E-state index in [1.807, 2.05) is 13.8 Å². The van der Waals surface area contributed by atoms with Gasteiger partial charge >= 0.3 is 5.97 Å². The highest BCUT2D eigenvalue weighted by molar-refractivity contribution is 7.09. The highest BCUT2D eigenvalue weighted by atomic mass is 32.1. The summed E-state index contributed by atoms with van der Waals surface area (Å²) in [6, 6.07) is 0. The molecule has 0 unspecified atom stereocenters. The monoisotopic (exact) mass is 259 g/mol. The van der Waals surface area contributed by atoms with Gasteiger partial charge in [-0.15, -0.1) is 0 Å². The zero-order valence-electron chi connectivity index (χ0n) is 10.2. The van der Waals surface area contributed by atoms with Crippen LogP contribution in [0.3, 0.4) is 0 Å². The molecule has 17 heavy (non-hydrogen) atoms. The molecule has 1 heterocycles. The summed E-state index contributed by atoms with van der Waals surface area (Å²) in [6.07, 6.45) is 0.658. The van der Waals surface area contributed by atoms with Crippen LogP contribution in [0.4, 0.5) is 5.13 Å². The molecule has 0 aromatic carbocycles. The Morgan fingerprint density at radius 1 is 1.59 bits per heavy atom. The summed E-state index contributed by atoms with van der Waals surface area (Å²) < 4.78 is 9.04. The van der Waals surface area contributed by atoms with Crippen molar-refractivity contribution in [2.24, 2.45) is 0 Å². The van der Waals surface area contributed by atoms with Gasteiger partial charge in [-0.2, -0.15) is 4.37 Å². The molecule has 0 fully saturated rings. The van der Waals surface area contributed by atoms with Gasteiger partial charge in [0.25, 0.3) is 0 Å². The average molecular weight is 259 g/mol. The van der Waals surface area contributed by atoms with Crippen molar-refractivity contribution in [3.8, 4) is 0 Å². The fourth-order valence-corrected chi connectivity index (χ4v) is 2.02. The van der Waals surface area contributed by atoms with Crippen LogP contribution in [0.1, 0.15) is 32.5 Å². The van der Waals surface area contributed by atoms with Crippen molar-refractivity contribution in [3.05, 3.63) is 5.82 Å². The van der Waals surface area contributed by atoms with Crippen molar-refractivity contribution in [3.63, 3.8) is 0 Å². The SMILES string of the molecule is COCc1nsc(NC(C)(C)CCC(=O)O)n1. The van der Waals surface area contributed by atoms with Gasteiger partial charge in [-0.3, -0.25) is 4.79 Å². The molecule has 6 nitrogen and oxygen atoms in total. The number of methoxy groups -OCH3 is 1. The van der Waals surface area contributed by atoms with Crippen molar-refractivity contribution in [2.75, 3.05) is 12.4 Å². The number of ether oxygens (including phenoxy) is 1. The number of hydrogen-bond acceptors (Lipinski definition) is 6. The Hall–Kier alpha value is -1.21. The molecule has 0 radical (unpaired) electrons. The third-order valence-corrected chi connectivity index (χ3v) is 2.82. The van der Waals surface area contributed by atoms with E-state index in [1.54, 1.807) is 7.11 Å². The second kappa shape index (κ2) is 5.92. The van der Waals surface area contributed by atoms with Gasteiger partial charge in [0, 0.05) is 30.6 Å². The Kier molecular flexibility index (Phi) is 4.83. The molecule has 0 aliphatic rings. The minimum Gasteiger partial charge on any atom is -0.481 e. The largest absolute Gasteiger partial charge is 0.481 e. The first-order valence-electron chi connectivity index (χ1n) is 5.24. The Balaban J connectivity index is 2.52. The van der Waals surface area contributed by atoms with Gasteiger partial charge in [0.05, 0.1) is 0 Å². The zero-order valence-corrected chi connectivity index (χ0v) is 11.0. The molecule has 0 bridgehead atoms. The number of anilines is 1. The lowest BCUT2D eigenvalue weighted by Gasteiger charge is -2.24.